The number of anilines is 1. The number of amides is 1. The number of ether oxygens (including phenoxy) is 3. The lowest BCUT2D eigenvalue weighted by Gasteiger charge is -2.37. The Kier molecular flexibility index (Phi) is 7.91. The molecule has 0 radical (unpaired) electrons. The minimum Gasteiger partial charge on any atom is -0.497 e. The summed E-state index contributed by atoms with van der Waals surface area (Å²) in [5.74, 6) is 2.78. The van der Waals surface area contributed by atoms with E-state index in [1.54, 1.807) is 20.4 Å². The van der Waals surface area contributed by atoms with E-state index in [1.807, 2.05) is 49.6 Å². The highest BCUT2D eigenvalue weighted by atomic mass is 79.9. The standard InChI is InChI=1S/C26H32BrN5O5/c1-26(2,3)37-25(34)32-14-17(6-8-18(32)15-33)24-30-22(27)21-23(28-10-11-31(21)24)29-13-16-7-9-19(35-4)12-20(16)36-5/h7,9-12,15,17-18H,6,8,13-14H2,1-5H3,(H,28,29)/t17-,18-/m1/s1. The van der Waals surface area contributed by atoms with Crippen LogP contribution in [-0.4, -0.2) is 64.1 Å². The zero-order valence-electron chi connectivity index (χ0n) is 21.7. The van der Waals surface area contributed by atoms with Gasteiger partial charge < -0.3 is 24.3 Å². The number of carbonyl (C=O) groups is 2. The molecular weight excluding hydrogens is 542 g/mol. The molecule has 0 unspecified atom stereocenters. The molecule has 198 valence electrons. The van der Waals surface area contributed by atoms with Gasteiger partial charge >= 0.3 is 6.09 Å². The van der Waals surface area contributed by atoms with Gasteiger partial charge in [-0.05, 0) is 61.7 Å². The Balaban J connectivity index is 1.60. The number of rotatable bonds is 7. The van der Waals surface area contributed by atoms with Crippen LogP contribution in [0.15, 0.2) is 35.2 Å². The number of piperidine rings is 1. The second-order valence-corrected chi connectivity index (χ2v) is 10.6. The van der Waals surface area contributed by atoms with E-state index in [-0.39, 0.29) is 5.92 Å². The van der Waals surface area contributed by atoms with Crippen LogP contribution in [0.5, 0.6) is 11.5 Å². The average Bonchev–Trinajstić information content (AvgIpc) is 3.22. The number of benzene rings is 1. The number of aromatic nitrogens is 3. The second-order valence-electron chi connectivity index (χ2n) is 9.90. The van der Waals surface area contributed by atoms with Crippen molar-refractivity contribution in [1.29, 1.82) is 0 Å². The molecular formula is C26H32BrN5O5. The molecule has 2 atom stereocenters. The summed E-state index contributed by atoms with van der Waals surface area (Å²) < 4.78 is 19.0. The van der Waals surface area contributed by atoms with Crippen molar-refractivity contribution >= 4 is 39.6 Å². The summed E-state index contributed by atoms with van der Waals surface area (Å²) in [6.07, 6.45) is 5.13. The van der Waals surface area contributed by atoms with Gasteiger partial charge in [0.15, 0.2) is 5.82 Å². The number of aldehydes is 1. The molecule has 1 aliphatic rings. The van der Waals surface area contributed by atoms with Crippen molar-refractivity contribution in [2.24, 2.45) is 0 Å². The summed E-state index contributed by atoms with van der Waals surface area (Å²) in [7, 11) is 3.24. The first-order valence-corrected chi connectivity index (χ1v) is 12.9. The Morgan fingerprint density at radius 3 is 2.70 bits per heavy atom. The van der Waals surface area contributed by atoms with Crippen LogP contribution in [0.25, 0.3) is 5.52 Å². The van der Waals surface area contributed by atoms with E-state index in [4.69, 9.17) is 19.2 Å². The topological polar surface area (TPSA) is 107 Å². The fourth-order valence-corrected chi connectivity index (χ4v) is 5.05. The molecule has 1 amide bonds. The first-order chi connectivity index (χ1) is 17.6. The molecule has 10 nitrogen and oxygen atoms in total. The number of imidazole rings is 1. The number of nitrogens with one attached hydrogen (secondary N) is 1. The second kappa shape index (κ2) is 11.0. The summed E-state index contributed by atoms with van der Waals surface area (Å²) in [5, 5.41) is 3.39. The molecule has 3 heterocycles. The molecule has 1 fully saturated rings. The fourth-order valence-electron chi connectivity index (χ4n) is 4.49. The highest BCUT2D eigenvalue weighted by molar-refractivity contribution is 9.10. The summed E-state index contributed by atoms with van der Waals surface area (Å²) in [6.45, 7) is 6.24. The van der Waals surface area contributed by atoms with Crippen LogP contribution >= 0.6 is 15.9 Å². The van der Waals surface area contributed by atoms with Crippen LogP contribution in [0.3, 0.4) is 0 Å². The van der Waals surface area contributed by atoms with Crippen LogP contribution in [0.2, 0.25) is 0 Å². The van der Waals surface area contributed by atoms with Gasteiger partial charge in [-0.1, -0.05) is 0 Å². The number of fused-ring (bicyclic) bond motifs is 1. The Labute approximate surface area is 224 Å². The quantitative estimate of drug-likeness (QED) is 0.401. The first-order valence-electron chi connectivity index (χ1n) is 12.1. The van der Waals surface area contributed by atoms with Gasteiger partial charge in [-0.25, -0.2) is 14.8 Å². The van der Waals surface area contributed by atoms with Gasteiger partial charge in [0.1, 0.15) is 39.3 Å². The van der Waals surface area contributed by atoms with Gasteiger partial charge in [0.05, 0.1) is 20.3 Å². The van der Waals surface area contributed by atoms with Crippen molar-refractivity contribution in [2.75, 3.05) is 26.1 Å². The smallest absolute Gasteiger partial charge is 0.410 e. The van der Waals surface area contributed by atoms with E-state index in [0.717, 1.165) is 23.2 Å². The average molecular weight is 574 g/mol. The molecule has 0 aliphatic carbocycles. The summed E-state index contributed by atoms with van der Waals surface area (Å²) >= 11 is 3.60. The van der Waals surface area contributed by atoms with E-state index in [1.165, 1.54) is 4.90 Å². The summed E-state index contributed by atoms with van der Waals surface area (Å²) in [5.41, 5.74) is 1.08. The molecule has 11 heteroatoms. The highest BCUT2D eigenvalue weighted by Gasteiger charge is 2.36. The molecule has 0 bridgehead atoms. The van der Waals surface area contributed by atoms with Crippen LogP contribution in [0.4, 0.5) is 10.6 Å². The third kappa shape index (κ3) is 5.82. The largest absolute Gasteiger partial charge is 0.497 e. The van der Waals surface area contributed by atoms with Crippen molar-refractivity contribution < 1.29 is 23.8 Å². The van der Waals surface area contributed by atoms with Crippen molar-refractivity contribution in [3.05, 3.63) is 46.6 Å². The monoisotopic (exact) mass is 573 g/mol. The van der Waals surface area contributed by atoms with Crippen LogP contribution in [0, 0.1) is 0 Å². The van der Waals surface area contributed by atoms with Crippen molar-refractivity contribution in [2.45, 2.75) is 57.7 Å². The molecule has 2 aromatic heterocycles. The molecule has 0 saturated carbocycles. The number of hydrogen-bond donors (Lipinski definition) is 1. The first kappa shape index (κ1) is 26.7. The van der Waals surface area contributed by atoms with E-state index in [2.05, 4.69) is 26.2 Å². The predicted molar refractivity (Wildman–Crippen MR) is 142 cm³/mol. The maximum Gasteiger partial charge on any atom is 0.410 e. The van der Waals surface area contributed by atoms with Gasteiger partial charge in [0.25, 0.3) is 0 Å². The third-order valence-corrected chi connectivity index (χ3v) is 6.81. The minimum atomic E-state index is -0.653. The molecule has 37 heavy (non-hydrogen) atoms. The molecule has 0 spiro atoms. The number of carbonyl (C=O) groups excluding carboxylic acids is 2. The predicted octanol–water partition coefficient (Wildman–Crippen LogP) is 4.80. The van der Waals surface area contributed by atoms with E-state index < -0.39 is 17.7 Å². The Hall–Kier alpha value is -3.34. The van der Waals surface area contributed by atoms with Crippen LogP contribution in [0.1, 0.15) is 50.9 Å². The van der Waals surface area contributed by atoms with Crippen molar-refractivity contribution in [3.8, 4) is 11.5 Å². The van der Waals surface area contributed by atoms with E-state index in [0.29, 0.717) is 47.9 Å². The maximum atomic E-state index is 12.9. The number of methoxy groups -OCH3 is 2. The van der Waals surface area contributed by atoms with Gasteiger partial charge in [-0.3, -0.25) is 9.30 Å². The molecule has 1 aromatic carbocycles. The van der Waals surface area contributed by atoms with Gasteiger partial charge in [0, 0.05) is 43.0 Å². The van der Waals surface area contributed by atoms with Crippen LogP contribution in [-0.2, 0) is 16.1 Å². The van der Waals surface area contributed by atoms with Gasteiger partial charge in [-0.2, -0.15) is 0 Å². The highest BCUT2D eigenvalue weighted by Crippen LogP contribution is 2.34. The molecule has 1 saturated heterocycles. The number of nitrogens with zero attached hydrogens (tertiary/aromatic N) is 4. The lowest BCUT2D eigenvalue weighted by atomic mass is 9.93. The normalized spacial score (nSPS) is 17.9. The number of hydrogen-bond acceptors (Lipinski definition) is 8. The molecule has 1 aliphatic heterocycles. The van der Waals surface area contributed by atoms with Gasteiger partial charge in [-0.15, -0.1) is 0 Å². The summed E-state index contributed by atoms with van der Waals surface area (Å²) in [4.78, 5) is 35.4. The Morgan fingerprint density at radius 2 is 2.03 bits per heavy atom. The maximum absolute atomic E-state index is 12.9. The summed E-state index contributed by atoms with van der Waals surface area (Å²) in [6, 6.07) is 5.15. The lowest BCUT2D eigenvalue weighted by molar-refractivity contribution is -0.113. The SMILES string of the molecule is COc1ccc(CNc2nccn3c([C@@H]4CC[C@H](C=O)N(C(=O)OC(C)(C)C)C4)nc(Br)c23)c(OC)c1. The molecule has 1 N–H and O–H groups in total. The van der Waals surface area contributed by atoms with Crippen LogP contribution < -0.4 is 14.8 Å². The minimum absolute atomic E-state index is 0.0838. The third-order valence-electron chi connectivity index (χ3n) is 6.26. The van der Waals surface area contributed by atoms with Gasteiger partial charge in [0.2, 0.25) is 0 Å². The number of halogens is 1. The van der Waals surface area contributed by atoms with E-state index >= 15 is 0 Å². The van der Waals surface area contributed by atoms with Crippen molar-refractivity contribution in [1.82, 2.24) is 19.3 Å². The molecule has 4 rings (SSSR count). The number of likely N-dealkylation sites (tertiary alicyclic amines) is 1. The lowest BCUT2D eigenvalue weighted by Crippen LogP contribution is -2.49. The fraction of sp³-hybridized carbons (Fsp3) is 0.462. The van der Waals surface area contributed by atoms with Crippen molar-refractivity contribution in [3.63, 3.8) is 0 Å². The zero-order chi connectivity index (χ0) is 26.7. The Bertz CT molecular complexity index is 1290. The zero-order valence-corrected chi connectivity index (χ0v) is 23.2. The molecule has 3 aromatic rings. The Morgan fingerprint density at radius 1 is 1.24 bits per heavy atom. The van der Waals surface area contributed by atoms with E-state index in [9.17, 15) is 9.59 Å².